The normalized spacial score (nSPS) is 10.4. The van der Waals surface area contributed by atoms with Crippen LogP contribution in [0.1, 0.15) is 15.9 Å². The van der Waals surface area contributed by atoms with Crippen molar-refractivity contribution in [3.8, 4) is 0 Å². The molecule has 2 aromatic rings. The Bertz CT molecular complexity index is 770. The molecule has 0 fully saturated rings. The maximum atomic E-state index is 11.8. The van der Waals surface area contributed by atoms with Crippen LogP contribution in [0.25, 0.3) is 0 Å². The van der Waals surface area contributed by atoms with Gasteiger partial charge in [0.15, 0.2) is 12.4 Å². The van der Waals surface area contributed by atoms with E-state index in [-0.39, 0.29) is 5.78 Å². The summed E-state index contributed by atoms with van der Waals surface area (Å²) in [6.07, 6.45) is 2.05. The number of hydrogen-bond donors (Lipinski definition) is 1. The highest BCUT2D eigenvalue weighted by molar-refractivity contribution is 6.30. The fraction of sp³-hybridized carbons (Fsp3) is 0.105. The van der Waals surface area contributed by atoms with Gasteiger partial charge < -0.3 is 10.1 Å². The van der Waals surface area contributed by atoms with E-state index in [1.54, 1.807) is 24.3 Å². The molecular formula is C19H16ClNO4. The molecule has 2 rings (SSSR count). The van der Waals surface area contributed by atoms with Crippen LogP contribution in [-0.4, -0.2) is 24.3 Å². The third-order valence-corrected chi connectivity index (χ3v) is 3.44. The van der Waals surface area contributed by atoms with Crippen LogP contribution in [0.3, 0.4) is 0 Å². The molecule has 0 saturated carbocycles. The Morgan fingerprint density at radius 2 is 1.64 bits per heavy atom. The zero-order valence-electron chi connectivity index (χ0n) is 13.3. The molecule has 1 N–H and O–H groups in total. The van der Waals surface area contributed by atoms with Crippen molar-refractivity contribution < 1.29 is 19.1 Å². The van der Waals surface area contributed by atoms with Crippen LogP contribution in [0.5, 0.6) is 0 Å². The van der Waals surface area contributed by atoms with Gasteiger partial charge in [0.25, 0.3) is 0 Å². The summed E-state index contributed by atoms with van der Waals surface area (Å²) in [5.74, 6) is -1.55. The Hall–Kier alpha value is -2.92. The molecule has 0 aliphatic heterocycles. The first kappa shape index (κ1) is 18.4. The third-order valence-electron chi connectivity index (χ3n) is 3.19. The molecule has 25 heavy (non-hydrogen) atoms. The zero-order valence-corrected chi connectivity index (χ0v) is 14.0. The highest BCUT2D eigenvalue weighted by Gasteiger charge is 2.08. The van der Waals surface area contributed by atoms with Gasteiger partial charge >= 0.3 is 5.97 Å². The Labute approximate surface area is 150 Å². The lowest BCUT2D eigenvalue weighted by molar-refractivity contribution is -0.136. The number of amides is 1. The number of carbonyl (C=O) groups is 3. The molecular weight excluding hydrogens is 342 g/mol. The first-order valence-corrected chi connectivity index (χ1v) is 7.88. The van der Waals surface area contributed by atoms with Crippen molar-refractivity contribution in [2.24, 2.45) is 0 Å². The number of carbonyl (C=O) groups excluding carboxylic acids is 3. The lowest BCUT2D eigenvalue weighted by Gasteiger charge is -2.03. The highest BCUT2D eigenvalue weighted by Crippen LogP contribution is 2.10. The molecule has 0 unspecified atom stereocenters. The summed E-state index contributed by atoms with van der Waals surface area (Å²) in [4.78, 5) is 35.0. The monoisotopic (exact) mass is 357 g/mol. The fourth-order valence-electron chi connectivity index (χ4n) is 1.89. The molecule has 1 amide bonds. The summed E-state index contributed by atoms with van der Waals surface area (Å²) >= 11 is 5.74. The molecule has 0 spiro atoms. The molecule has 6 heteroatoms. The maximum absolute atomic E-state index is 11.8. The van der Waals surface area contributed by atoms with E-state index < -0.39 is 18.5 Å². The van der Waals surface area contributed by atoms with Gasteiger partial charge in [-0.25, -0.2) is 4.79 Å². The standard InChI is InChI=1S/C19H16ClNO4/c20-16-8-6-15(7-9-16)17(22)13-25-19(24)11-10-18(23)21-12-14-4-2-1-3-5-14/h1-11H,12-13H2,(H,21,23). The van der Waals surface area contributed by atoms with Gasteiger partial charge in [0.1, 0.15) is 0 Å². The first-order chi connectivity index (χ1) is 12.0. The van der Waals surface area contributed by atoms with Crippen LogP contribution < -0.4 is 5.32 Å². The Morgan fingerprint density at radius 1 is 0.960 bits per heavy atom. The Kier molecular flexibility index (Phi) is 6.92. The second-order valence-corrected chi connectivity index (χ2v) is 5.51. The molecule has 0 heterocycles. The second-order valence-electron chi connectivity index (χ2n) is 5.07. The minimum absolute atomic E-state index is 0.355. The summed E-state index contributed by atoms with van der Waals surface area (Å²) in [6, 6.07) is 15.6. The summed E-state index contributed by atoms with van der Waals surface area (Å²) in [6.45, 7) is -0.0510. The van der Waals surface area contributed by atoms with E-state index in [1.165, 1.54) is 0 Å². The lowest BCUT2D eigenvalue weighted by atomic mass is 10.1. The third kappa shape index (κ3) is 6.61. The average molecular weight is 358 g/mol. The predicted molar refractivity (Wildman–Crippen MR) is 94.2 cm³/mol. The number of ether oxygens (including phenoxy) is 1. The van der Waals surface area contributed by atoms with Gasteiger partial charge in [-0.05, 0) is 29.8 Å². The summed E-state index contributed by atoms with van der Waals surface area (Å²) in [5, 5.41) is 3.15. The van der Waals surface area contributed by atoms with Crippen molar-refractivity contribution in [3.05, 3.63) is 82.9 Å². The van der Waals surface area contributed by atoms with Crippen molar-refractivity contribution in [1.29, 1.82) is 0 Å². The first-order valence-electron chi connectivity index (χ1n) is 7.50. The number of benzene rings is 2. The average Bonchev–Trinajstić information content (AvgIpc) is 2.64. The van der Waals surface area contributed by atoms with Crippen molar-refractivity contribution in [2.75, 3.05) is 6.61 Å². The number of nitrogens with one attached hydrogen (secondary N) is 1. The zero-order chi connectivity index (χ0) is 18.1. The van der Waals surface area contributed by atoms with Crippen LogP contribution in [0.2, 0.25) is 5.02 Å². The molecule has 0 saturated heterocycles. The van der Waals surface area contributed by atoms with E-state index in [1.807, 2.05) is 30.3 Å². The molecule has 128 valence electrons. The molecule has 2 aromatic carbocycles. The van der Waals surface area contributed by atoms with Crippen molar-refractivity contribution in [1.82, 2.24) is 5.32 Å². The van der Waals surface area contributed by atoms with Crippen molar-refractivity contribution >= 4 is 29.3 Å². The molecule has 0 aliphatic rings. The molecule has 0 aromatic heterocycles. The van der Waals surface area contributed by atoms with Gasteiger partial charge in [0, 0.05) is 29.3 Å². The highest BCUT2D eigenvalue weighted by atomic mass is 35.5. The van der Waals surface area contributed by atoms with E-state index >= 15 is 0 Å². The SMILES string of the molecule is O=C(C=CC(=O)OCC(=O)c1ccc(Cl)cc1)NCc1ccccc1. The van der Waals surface area contributed by atoms with Crippen LogP contribution in [0, 0.1) is 0 Å². The van der Waals surface area contributed by atoms with Crippen LogP contribution >= 0.6 is 11.6 Å². The van der Waals surface area contributed by atoms with Crippen LogP contribution in [0.15, 0.2) is 66.7 Å². The number of esters is 1. The molecule has 0 atom stereocenters. The van der Waals surface area contributed by atoms with E-state index in [0.717, 1.165) is 17.7 Å². The minimum Gasteiger partial charge on any atom is -0.454 e. The van der Waals surface area contributed by atoms with Gasteiger partial charge in [-0.3, -0.25) is 9.59 Å². The van der Waals surface area contributed by atoms with Gasteiger partial charge in [0.2, 0.25) is 5.91 Å². The van der Waals surface area contributed by atoms with Crippen LogP contribution in [0.4, 0.5) is 0 Å². The number of halogens is 1. The number of rotatable bonds is 7. The minimum atomic E-state index is -0.767. The smallest absolute Gasteiger partial charge is 0.331 e. The maximum Gasteiger partial charge on any atom is 0.331 e. The van der Waals surface area contributed by atoms with Crippen LogP contribution in [-0.2, 0) is 20.9 Å². The van der Waals surface area contributed by atoms with E-state index in [4.69, 9.17) is 16.3 Å². The number of Topliss-reactive ketones (excluding diaryl/α,β-unsaturated/α-hetero) is 1. The van der Waals surface area contributed by atoms with E-state index in [2.05, 4.69) is 5.32 Å². The second kappa shape index (κ2) is 9.39. The summed E-state index contributed by atoms with van der Waals surface area (Å²) in [7, 11) is 0. The van der Waals surface area contributed by atoms with Gasteiger partial charge in [-0.1, -0.05) is 41.9 Å². The molecule has 0 bridgehead atoms. The van der Waals surface area contributed by atoms with Gasteiger partial charge in [0.05, 0.1) is 0 Å². The molecule has 0 radical (unpaired) electrons. The fourth-order valence-corrected chi connectivity index (χ4v) is 2.02. The van der Waals surface area contributed by atoms with Crippen molar-refractivity contribution in [3.63, 3.8) is 0 Å². The number of ketones is 1. The quantitative estimate of drug-likeness (QED) is 0.470. The van der Waals surface area contributed by atoms with Gasteiger partial charge in [-0.2, -0.15) is 0 Å². The summed E-state index contributed by atoms with van der Waals surface area (Å²) in [5.41, 5.74) is 1.34. The molecule has 5 nitrogen and oxygen atoms in total. The largest absolute Gasteiger partial charge is 0.454 e. The Morgan fingerprint density at radius 3 is 2.32 bits per heavy atom. The van der Waals surface area contributed by atoms with Crippen molar-refractivity contribution in [2.45, 2.75) is 6.54 Å². The van der Waals surface area contributed by atoms with E-state index in [0.29, 0.717) is 17.1 Å². The predicted octanol–water partition coefficient (Wildman–Crippen LogP) is 2.94. The number of hydrogen-bond acceptors (Lipinski definition) is 4. The lowest BCUT2D eigenvalue weighted by Crippen LogP contribution is -2.20. The molecule has 0 aliphatic carbocycles. The summed E-state index contributed by atoms with van der Waals surface area (Å²) < 4.78 is 4.81. The Balaban J connectivity index is 1.73. The topological polar surface area (TPSA) is 72.5 Å². The van der Waals surface area contributed by atoms with E-state index in [9.17, 15) is 14.4 Å². The van der Waals surface area contributed by atoms with Gasteiger partial charge in [-0.15, -0.1) is 0 Å².